The van der Waals surface area contributed by atoms with Gasteiger partial charge in [0.2, 0.25) is 5.91 Å². The van der Waals surface area contributed by atoms with Crippen LogP contribution in [0.3, 0.4) is 0 Å². The minimum absolute atomic E-state index is 0.126. The first-order chi connectivity index (χ1) is 9.38. The summed E-state index contributed by atoms with van der Waals surface area (Å²) in [5, 5.41) is 17.3. The summed E-state index contributed by atoms with van der Waals surface area (Å²) in [6.45, 7) is 5.26. The van der Waals surface area contributed by atoms with E-state index in [-0.39, 0.29) is 12.3 Å². The number of thiophene rings is 1. The van der Waals surface area contributed by atoms with Crippen LogP contribution in [0.25, 0.3) is 9.88 Å². The fourth-order valence-electron chi connectivity index (χ4n) is 1.57. The van der Waals surface area contributed by atoms with Gasteiger partial charge >= 0.3 is 0 Å². The number of aromatic nitrogens is 1. The summed E-state index contributed by atoms with van der Waals surface area (Å²) < 4.78 is 0. The molecule has 0 radical (unpaired) electrons. The highest BCUT2D eigenvalue weighted by Gasteiger charge is 2.26. The van der Waals surface area contributed by atoms with Crippen LogP contribution >= 0.6 is 22.7 Å². The maximum absolute atomic E-state index is 12.0. The van der Waals surface area contributed by atoms with Crippen molar-refractivity contribution in [2.24, 2.45) is 0 Å². The number of hydrogen-bond acceptors (Lipinski definition) is 5. The summed E-state index contributed by atoms with van der Waals surface area (Å²) >= 11 is 3.18. The predicted molar refractivity (Wildman–Crippen MR) is 83.0 cm³/mol. The van der Waals surface area contributed by atoms with Gasteiger partial charge in [-0.1, -0.05) is 6.07 Å². The first-order valence-electron chi connectivity index (χ1n) is 6.36. The molecule has 2 N–H and O–H groups in total. The van der Waals surface area contributed by atoms with E-state index in [1.165, 1.54) is 0 Å². The number of aliphatic hydroxyl groups excluding tert-OH is 1. The lowest BCUT2D eigenvalue weighted by Crippen LogP contribution is -2.51. The molecule has 0 saturated heterocycles. The Morgan fingerprint density at radius 1 is 1.50 bits per heavy atom. The second-order valence-corrected chi connectivity index (χ2v) is 7.05. The molecule has 20 heavy (non-hydrogen) atoms. The van der Waals surface area contributed by atoms with Crippen LogP contribution in [0.15, 0.2) is 22.9 Å². The summed E-state index contributed by atoms with van der Waals surface area (Å²) in [6.07, 6.45) is -0.374. The average molecular weight is 310 g/mol. The van der Waals surface area contributed by atoms with Gasteiger partial charge in [0.25, 0.3) is 0 Å². The topological polar surface area (TPSA) is 62.2 Å². The molecule has 0 bridgehead atoms. The fourth-order valence-corrected chi connectivity index (χ4v) is 3.21. The molecule has 0 spiro atoms. The Morgan fingerprint density at radius 2 is 2.25 bits per heavy atom. The van der Waals surface area contributed by atoms with Crippen LogP contribution < -0.4 is 5.32 Å². The van der Waals surface area contributed by atoms with E-state index in [9.17, 15) is 9.90 Å². The molecular weight excluding hydrogens is 292 g/mol. The Morgan fingerprint density at radius 3 is 2.85 bits per heavy atom. The Kier molecular flexibility index (Phi) is 4.57. The number of aliphatic hydroxyl groups is 1. The molecule has 1 atom stereocenters. The van der Waals surface area contributed by atoms with Crippen molar-refractivity contribution in [3.8, 4) is 9.88 Å². The summed E-state index contributed by atoms with van der Waals surface area (Å²) in [6, 6.07) is 4.00. The van der Waals surface area contributed by atoms with Crippen LogP contribution in [0.4, 0.5) is 0 Å². The van der Waals surface area contributed by atoms with Crippen molar-refractivity contribution in [1.82, 2.24) is 10.3 Å². The van der Waals surface area contributed by atoms with Gasteiger partial charge in [0.15, 0.2) is 0 Å². The van der Waals surface area contributed by atoms with E-state index in [1.54, 1.807) is 43.4 Å². The smallest absolute Gasteiger partial charge is 0.226 e. The largest absolute Gasteiger partial charge is 0.391 e. The quantitative estimate of drug-likeness (QED) is 0.892. The zero-order chi connectivity index (χ0) is 14.8. The molecule has 108 valence electrons. The molecule has 0 aliphatic carbocycles. The molecule has 2 heterocycles. The lowest BCUT2D eigenvalue weighted by molar-refractivity contribution is -0.123. The second-order valence-electron chi connectivity index (χ2n) is 5.24. The molecule has 4 nitrogen and oxygen atoms in total. The molecule has 1 amide bonds. The lowest BCUT2D eigenvalue weighted by Gasteiger charge is -2.29. The van der Waals surface area contributed by atoms with Gasteiger partial charge in [0.05, 0.1) is 28.6 Å². The zero-order valence-electron chi connectivity index (χ0n) is 11.7. The maximum Gasteiger partial charge on any atom is 0.226 e. The number of thiazole rings is 1. The van der Waals surface area contributed by atoms with Gasteiger partial charge in [-0.15, -0.1) is 22.7 Å². The van der Waals surface area contributed by atoms with Crippen LogP contribution in [-0.2, 0) is 11.2 Å². The predicted octanol–water partition coefficient (Wildman–Crippen LogP) is 2.69. The van der Waals surface area contributed by atoms with Gasteiger partial charge < -0.3 is 10.4 Å². The third-order valence-corrected chi connectivity index (χ3v) is 5.06. The molecule has 2 rings (SSSR count). The van der Waals surface area contributed by atoms with Crippen molar-refractivity contribution >= 4 is 28.6 Å². The van der Waals surface area contributed by atoms with Crippen molar-refractivity contribution in [3.63, 3.8) is 0 Å². The molecule has 0 fully saturated rings. The fraction of sp³-hybridized carbons (Fsp3) is 0.429. The van der Waals surface area contributed by atoms with Gasteiger partial charge in [-0.25, -0.2) is 4.98 Å². The Balaban J connectivity index is 1.99. The number of carbonyl (C=O) groups is 1. The Hall–Kier alpha value is -1.24. The van der Waals surface area contributed by atoms with E-state index in [4.69, 9.17) is 0 Å². The monoisotopic (exact) mass is 310 g/mol. The molecule has 2 aromatic heterocycles. The molecule has 0 aliphatic rings. The van der Waals surface area contributed by atoms with E-state index in [0.29, 0.717) is 0 Å². The van der Waals surface area contributed by atoms with Crippen molar-refractivity contribution in [2.75, 3.05) is 0 Å². The van der Waals surface area contributed by atoms with Crippen LogP contribution in [0, 0.1) is 0 Å². The van der Waals surface area contributed by atoms with Crippen molar-refractivity contribution in [2.45, 2.75) is 38.8 Å². The van der Waals surface area contributed by atoms with Crippen LogP contribution in [-0.4, -0.2) is 27.6 Å². The first kappa shape index (κ1) is 15.2. The highest BCUT2D eigenvalue weighted by molar-refractivity contribution is 7.20. The zero-order valence-corrected chi connectivity index (χ0v) is 13.3. The van der Waals surface area contributed by atoms with Crippen molar-refractivity contribution < 1.29 is 9.90 Å². The Labute approximate surface area is 126 Å². The molecule has 1 unspecified atom stereocenters. The second kappa shape index (κ2) is 6.03. The van der Waals surface area contributed by atoms with Gasteiger partial charge in [0.1, 0.15) is 5.01 Å². The highest BCUT2D eigenvalue weighted by atomic mass is 32.1. The number of hydrogen-bond donors (Lipinski definition) is 2. The number of amides is 1. The van der Waals surface area contributed by atoms with E-state index >= 15 is 0 Å². The standard InChI is InChI=1S/C14H18N2O2S2/c1-9(17)14(2,3)16-12(18)7-10-8-20-13(15-10)11-5-4-6-19-11/h4-6,8-9,17H,7H2,1-3H3,(H,16,18). The van der Waals surface area contributed by atoms with E-state index < -0.39 is 11.6 Å². The average Bonchev–Trinajstić information content (AvgIpc) is 2.97. The van der Waals surface area contributed by atoms with Crippen LogP contribution in [0.2, 0.25) is 0 Å². The summed E-state index contributed by atoms with van der Waals surface area (Å²) in [5.41, 5.74) is 0.126. The van der Waals surface area contributed by atoms with Gasteiger partial charge in [-0.05, 0) is 32.2 Å². The summed E-state index contributed by atoms with van der Waals surface area (Å²) in [7, 11) is 0. The number of nitrogens with one attached hydrogen (secondary N) is 1. The molecule has 0 saturated carbocycles. The molecule has 0 aromatic carbocycles. The van der Waals surface area contributed by atoms with E-state index in [1.807, 2.05) is 22.9 Å². The van der Waals surface area contributed by atoms with E-state index in [2.05, 4.69) is 10.3 Å². The minimum atomic E-state index is -0.635. The first-order valence-corrected chi connectivity index (χ1v) is 8.12. The normalized spacial score (nSPS) is 13.2. The molecular formula is C14H18N2O2S2. The highest BCUT2D eigenvalue weighted by Crippen LogP contribution is 2.27. The van der Waals surface area contributed by atoms with Gasteiger partial charge in [0, 0.05) is 5.38 Å². The number of carbonyl (C=O) groups excluding carboxylic acids is 1. The van der Waals surface area contributed by atoms with Crippen molar-refractivity contribution in [3.05, 3.63) is 28.6 Å². The van der Waals surface area contributed by atoms with Gasteiger partial charge in [-0.2, -0.15) is 0 Å². The molecule has 6 heteroatoms. The lowest BCUT2D eigenvalue weighted by atomic mass is 9.98. The summed E-state index contributed by atoms with van der Waals surface area (Å²) in [5.74, 6) is -0.126. The third-order valence-electron chi connectivity index (χ3n) is 3.13. The maximum atomic E-state index is 12.0. The van der Waals surface area contributed by atoms with E-state index in [0.717, 1.165) is 15.6 Å². The number of rotatable bonds is 5. The minimum Gasteiger partial charge on any atom is -0.391 e. The van der Waals surface area contributed by atoms with Crippen LogP contribution in [0.5, 0.6) is 0 Å². The third kappa shape index (κ3) is 3.65. The number of nitrogens with zero attached hydrogens (tertiary/aromatic N) is 1. The molecule has 2 aromatic rings. The van der Waals surface area contributed by atoms with Gasteiger partial charge in [-0.3, -0.25) is 4.79 Å². The SMILES string of the molecule is CC(O)C(C)(C)NC(=O)Cc1csc(-c2cccs2)n1. The Bertz CT molecular complexity index is 574. The van der Waals surface area contributed by atoms with Crippen molar-refractivity contribution in [1.29, 1.82) is 0 Å². The molecule has 0 aliphatic heterocycles. The van der Waals surface area contributed by atoms with Crippen LogP contribution in [0.1, 0.15) is 26.5 Å². The summed E-state index contributed by atoms with van der Waals surface area (Å²) in [4.78, 5) is 17.6.